The quantitative estimate of drug-likeness (QED) is 0.348. The fourth-order valence-corrected chi connectivity index (χ4v) is 2.94. The number of ether oxygens (including phenoxy) is 1. The van der Waals surface area contributed by atoms with E-state index in [0.717, 1.165) is 5.56 Å². The molecule has 0 aliphatic rings. The van der Waals surface area contributed by atoms with Gasteiger partial charge in [0.15, 0.2) is 0 Å². The second-order valence-electron chi connectivity index (χ2n) is 6.68. The van der Waals surface area contributed by atoms with Gasteiger partial charge in [0, 0.05) is 18.2 Å². The van der Waals surface area contributed by atoms with Gasteiger partial charge in [-0.2, -0.15) is 5.10 Å². The van der Waals surface area contributed by atoms with Gasteiger partial charge in [-0.1, -0.05) is 12.1 Å². The van der Waals surface area contributed by atoms with Gasteiger partial charge in [0.05, 0.1) is 4.92 Å². The van der Waals surface area contributed by atoms with Crippen molar-refractivity contribution in [2.24, 2.45) is 0 Å². The molecule has 0 saturated carbocycles. The first-order valence-electron chi connectivity index (χ1n) is 9.43. The zero-order valence-corrected chi connectivity index (χ0v) is 16.5. The zero-order chi connectivity index (χ0) is 22.5. The maximum atomic E-state index is 13.0. The maximum absolute atomic E-state index is 13.0. The molecular formula is C22H16FN5O4. The molecule has 0 bridgehead atoms. The van der Waals surface area contributed by atoms with E-state index in [0.29, 0.717) is 11.5 Å². The van der Waals surface area contributed by atoms with Crippen LogP contribution in [0.2, 0.25) is 0 Å². The van der Waals surface area contributed by atoms with E-state index in [1.54, 1.807) is 24.3 Å². The van der Waals surface area contributed by atoms with E-state index in [-0.39, 0.29) is 29.3 Å². The summed E-state index contributed by atoms with van der Waals surface area (Å²) in [5, 5.41) is 18.1. The van der Waals surface area contributed by atoms with Crippen molar-refractivity contribution < 1.29 is 18.8 Å². The minimum atomic E-state index is -0.576. The monoisotopic (exact) mass is 433 g/mol. The van der Waals surface area contributed by atoms with Gasteiger partial charge in [0.25, 0.3) is 11.6 Å². The molecule has 0 aliphatic carbocycles. The Kier molecular flexibility index (Phi) is 5.84. The number of amides is 1. The van der Waals surface area contributed by atoms with Gasteiger partial charge in [0.2, 0.25) is 0 Å². The Labute approximate surface area is 181 Å². The predicted octanol–water partition coefficient (Wildman–Crippen LogP) is 4.04. The van der Waals surface area contributed by atoms with Gasteiger partial charge in [0.1, 0.15) is 35.7 Å². The summed E-state index contributed by atoms with van der Waals surface area (Å²) in [5.41, 5.74) is 0.904. The van der Waals surface area contributed by atoms with E-state index in [1.807, 2.05) is 0 Å². The van der Waals surface area contributed by atoms with E-state index in [9.17, 15) is 19.3 Å². The molecule has 10 heteroatoms. The lowest BCUT2D eigenvalue weighted by Crippen LogP contribution is -2.23. The molecule has 0 atom stereocenters. The molecule has 160 valence electrons. The first kappa shape index (κ1) is 20.7. The van der Waals surface area contributed by atoms with Gasteiger partial charge in [-0.05, 0) is 54.1 Å². The number of halogens is 1. The number of nitro groups is 1. The summed E-state index contributed by atoms with van der Waals surface area (Å²) in [6.07, 6.45) is 2.60. The van der Waals surface area contributed by atoms with Crippen molar-refractivity contribution in [3.63, 3.8) is 0 Å². The number of nitro benzene ring substituents is 1. The number of carbonyl (C=O) groups is 1. The van der Waals surface area contributed by atoms with E-state index in [1.165, 1.54) is 59.8 Å². The molecule has 0 radical (unpaired) electrons. The Balaban J connectivity index is 1.40. The van der Waals surface area contributed by atoms with Crippen LogP contribution in [-0.4, -0.2) is 25.6 Å². The van der Waals surface area contributed by atoms with Crippen LogP contribution in [0.4, 0.5) is 10.1 Å². The first-order chi connectivity index (χ1) is 15.5. The molecule has 1 amide bonds. The molecule has 0 saturated heterocycles. The highest BCUT2D eigenvalue weighted by atomic mass is 19.1. The lowest BCUT2D eigenvalue weighted by atomic mass is 10.1. The van der Waals surface area contributed by atoms with E-state index >= 15 is 0 Å². The molecule has 1 heterocycles. The Morgan fingerprint density at radius 3 is 2.38 bits per heavy atom. The van der Waals surface area contributed by atoms with Crippen LogP contribution in [0.5, 0.6) is 11.5 Å². The lowest BCUT2D eigenvalue weighted by molar-refractivity contribution is -0.384. The van der Waals surface area contributed by atoms with Crippen LogP contribution in [0, 0.1) is 15.9 Å². The third kappa shape index (κ3) is 4.75. The van der Waals surface area contributed by atoms with Crippen LogP contribution < -0.4 is 10.1 Å². The Morgan fingerprint density at radius 2 is 1.75 bits per heavy atom. The molecule has 3 aromatic carbocycles. The molecule has 4 rings (SSSR count). The van der Waals surface area contributed by atoms with Crippen molar-refractivity contribution in [1.29, 1.82) is 0 Å². The minimum Gasteiger partial charge on any atom is -0.457 e. The zero-order valence-electron chi connectivity index (χ0n) is 16.5. The van der Waals surface area contributed by atoms with Crippen LogP contribution in [0.3, 0.4) is 0 Å². The Hall–Kier alpha value is -4.60. The van der Waals surface area contributed by atoms with Gasteiger partial charge in [-0.25, -0.2) is 14.1 Å². The minimum absolute atomic E-state index is 0.150. The molecule has 9 nitrogen and oxygen atoms in total. The van der Waals surface area contributed by atoms with Crippen molar-refractivity contribution in [3.05, 3.63) is 106 Å². The summed E-state index contributed by atoms with van der Waals surface area (Å²) in [6, 6.07) is 16.8. The van der Waals surface area contributed by atoms with Gasteiger partial charge in [-0.3, -0.25) is 14.9 Å². The van der Waals surface area contributed by atoms with Crippen molar-refractivity contribution in [3.8, 4) is 17.2 Å². The molecule has 1 aromatic heterocycles. The van der Waals surface area contributed by atoms with Crippen LogP contribution in [-0.2, 0) is 6.54 Å². The smallest absolute Gasteiger partial charge is 0.295 e. The van der Waals surface area contributed by atoms with Gasteiger partial charge < -0.3 is 10.1 Å². The number of carbonyl (C=O) groups excluding carboxylic acids is 1. The number of hydrogen-bond acceptors (Lipinski definition) is 6. The summed E-state index contributed by atoms with van der Waals surface area (Å²) in [4.78, 5) is 27.1. The molecular weight excluding hydrogens is 417 g/mol. The van der Waals surface area contributed by atoms with Crippen LogP contribution in [0.1, 0.15) is 15.9 Å². The fourth-order valence-electron chi connectivity index (χ4n) is 2.94. The second kappa shape index (κ2) is 9.04. The number of rotatable bonds is 7. The SMILES string of the molecule is O=C(NCc1ccc(Oc2ccc(F)cc2)cc1)c1ccc(-n2cncn2)c([N+](=O)[O-])c1. The summed E-state index contributed by atoms with van der Waals surface area (Å²) in [6.45, 7) is 0.217. The van der Waals surface area contributed by atoms with Crippen LogP contribution in [0.15, 0.2) is 79.4 Å². The second-order valence-corrected chi connectivity index (χ2v) is 6.68. The van der Waals surface area contributed by atoms with Crippen LogP contribution in [0.25, 0.3) is 5.69 Å². The number of aromatic nitrogens is 3. The van der Waals surface area contributed by atoms with E-state index in [2.05, 4.69) is 15.4 Å². The van der Waals surface area contributed by atoms with Crippen molar-refractivity contribution >= 4 is 11.6 Å². The highest BCUT2D eigenvalue weighted by molar-refractivity contribution is 5.95. The topological polar surface area (TPSA) is 112 Å². The summed E-state index contributed by atoms with van der Waals surface area (Å²) < 4.78 is 19.9. The molecule has 1 N–H and O–H groups in total. The average Bonchev–Trinajstić information content (AvgIpc) is 3.34. The number of nitrogens with one attached hydrogen (secondary N) is 1. The number of benzene rings is 3. The molecule has 0 fully saturated rings. The third-order valence-corrected chi connectivity index (χ3v) is 4.53. The molecule has 4 aromatic rings. The standard InChI is InChI=1S/C22H16FN5O4/c23-17-4-8-19(9-5-17)32-18-6-1-15(2-7-18)12-25-22(29)16-3-10-20(21(11-16)28(30)31)27-14-24-13-26-27/h1-11,13-14H,12H2,(H,25,29). The largest absolute Gasteiger partial charge is 0.457 e. The lowest BCUT2D eigenvalue weighted by Gasteiger charge is -2.09. The van der Waals surface area contributed by atoms with E-state index < -0.39 is 10.8 Å². The predicted molar refractivity (Wildman–Crippen MR) is 112 cm³/mol. The molecule has 32 heavy (non-hydrogen) atoms. The van der Waals surface area contributed by atoms with Crippen LogP contribution >= 0.6 is 0 Å². The maximum Gasteiger partial charge on any atom is 0.295 e. The molecule has 0 spiro atoms. The normalized spacial score (nSPS) is 10.5. The summed E-state index contributed by atoms with van der Waals surface area (Å²) in [5.74, 6) is 0.265. The molecule has 0 aliphatic heterocycles. The van der Waals surface area contributed by atoms with E-state index in [4.69, 9.17) is 4.74 Å². The number of nitrogens with zero attached hydrogens (tertiary/aromatic N) is 4. The van der Waals surface area contributed by atoms with Crippen molar-refractivity contribution in [2.75, 3.05) is 0 Å². The first-order valence-corrected chi connectivity index (χ1v) is 9.43. The highest BCUT2D eigenvalue weighted by Gasteiger charge is 2.19. The average molecular weight is 433 g/mol. The highest BCUT2D eigenvalue weighted by Crippen LogP contribution is 2.24. The Morgan fingerprint density at radius 1 is 1.06 bits per heavy atom. The summed E-state index contributed by atoms with van der Waals surface area (Å²) in [7, 11) is 0. The third-order valence-electron chi connectivity index (χ3n) is 4.53. The fraction of sp³-hybridized carbons (Fsp3) is 0.0455. The van der Waals surface area contributed by atoms with Crippen molar-refractivity contribution in [2.45, 2.75) is 6.54 Å². The Bertz CT molecular complexity index is 1240. The summed E-state index contributed by atoms with van der Waals surface area (Å²) >= 11 is 0. The van der Waals surface area contributed by atoms with Gasteiger partial charge >= 0.3 is 0 Å². The molecule has 0 unspecified atom stereocenters. The number of hydrogen-bond donors (Lipinski definition) is 1. The van der Waals surface area contributed by atoms with Crippen molar-refractivity contribution in [1.82, 2.24) is 20.1 Å². The van der Waals surface area contributed by atoms with Gasteiger partial charge in [-0.15, -0.1) is 0 Å².